The van der Waals surface area contributed by atoms with Crippen LogP contribution in [0, 0.1) is 12.7 Å². The summed E-state index contributed by atoms with van der Waals surface area (Å²) in [5.41, 5.74) is 7.41. The third-order valence-corrected chi connectivity index (χ3v) is 4.94. The Hall–Kier alpha value is -0.840. The maximum absolute atomic E-state index is 13.7. The summed E-state index contributed by atoms with van der Waals surface area (Å²) in [5, 5.41) is 0. The third-order valence-electron chi connectivity index (χ3n) is 2.84. The third kappa shape index (κ3) is 3.38. The molecule has 100 valence electrons. The summed E-state index contributed by atoms with van der Waals surface area (Å²) in [6.07, 6.45) is 0. The van der Waals surface area contributed by atoms with Gasteiger partial charge in [-0.1, -0.05) is 23.9 Å². The predicted molar refractivity (Wildman–Crippen MR) is 82.0 cm³/mol. The lowest BCUT2D eigenvalue weighted by molar-refractivity contribution is 0.610. The summed E-state index contributed by atoms with van der Waals surface area (Å²) in [6.45, 7) is 3.64. The van der Waals surface area contributed by atoms with Crippen LogP contribution in [0.4, 0.5) is 4.39 Å². The molecule has 2 aromatic rings. The minimum Gasteiger partial charge on any atom is -0.324 e. The van der Waals surface area contributed by atoms with Crippen molar-refractivity contribution in [3.05, 3.63) is 57.8 Å². The second-order valence-corrected chi connectivity index (χ2v) is 6.40. The number of halogens is 2. The van der Waals surface area contributed by atoms with Crippen molar-refractivity contribution < 1.29 is 4.39 Å². The van der Waals surface area contributed by atoms with E-state index in [1.807, 2.05) is 37.3 Å². The van der Waals surface area contributed by atoms with E-state index in [9.17, 15) is 4.39 Å². The van der Waals surface area contributed by atoms with Crippen LogP contribution in [0.3, 0.4) is 0 Å². The number of hydrogen-bond donors (Lipinski definition) is 1. The van der Waals surface area contributed by atoms with Gasteiger partial charge in [-0.25, -0.2) is 4.39 Å². The van der Waals surface area contributed by atoms with Gasteiger partial charge in [0.15, 0.2) is 0 Å². The van der Waals surface area contributed by atoms with Crippen molar-refractivity contribution >= 4 is 27.7 Å². The van der Waals surface area contributed by atoms with Crippen LogP contribution < -0.4 is 5.73 Å². The molecule has 1 nitrogen and oxygen atoms in total. The molecular formula is C15H15BrFNS. The van der Waals surface area contributed by atoms with Crippen LogP contribution in [0.1, 0.15) is 24.1 Å². The minimum absolute atomic E-state index is 0.194. The Bertz CT molecular complexity index is 599. The van der Waals surface area contributed by atoms with Gasteiger partial charge >= 0.3 is 0 Å². The van der Waals surface area contributed by atoms with E-state index >= 15 is 0 Å². The molecule has 0 amide bonds. The molecule has 0 aliphatic rings. The van der Waals surface area contributed by atoms with Crippen molar-refractivity contribution in [3.63, 3.8) is 0 Å². The van der Waals surface area contributed by atoms with Crippen LogP contribution in [0.25, 0.3) is 0 Å². The molecule has 0 spiro atoms. The van der Waals surface area contributed by atoms with Gasteiger partial charge in [0.25, 0.3) is 0 Å². The Morgan fingerprint density at radius 2 is 1.89 bits per heavy atom. The molecule has 0 unspecified atom stereocenters. The molecule has 2 N–H and O–H groups in total. The average molecular weight is 340 g/mol. The molecule has 0 saturated heterocycles. The smallest absolute Gasteiger partial charge is 0.126 e. The lowest BCUT2D eigenvalue weighted by atomic mass is 10.1. The zero-order valence-electron chi connectivity index (χ0n) is 10.8. The van der Waals surface area contributed by atoms with Crippen LogP contribution in [-0.4, -0.2) is 0 Å². The van der Waals surface area contributed by atoms with E-state index in [1.54, 1.807) is 24.8 Å². The van der Waals surface area contributed by atoms with Crippen LogP contribution in [0.15, 0.2) is 50.7 Å². The molecule has 1 atom stereocenters. The van der Waals surface area contributed by atoms with E-state index in [0.717, 1.165) is 19.8 Å². The standard InChI is InChI=1S/C15H15BrFNS/c1-9-7-15(11(10(2)18)8-13(9)17)19-14-6-4-3-5-12(14)16/h3-8,10H,18H2,1-2H3/t10-/m1/s1. The predicted octanol–water partition coefficient (Wildman–Crippen LogP) is 5.07. The van der Waals surface area contributed by atoms with Crippen LogP contribution in [-0.2, 0) is 0 Å². The van der Waals surface area contributed by atoms with Crippen LogP contribution in [0.5, 0.6) is 0 Å². The molecule has 0 heterocycles. The van der Waals surface area contributed by atoms with E-state index < -0.39 is 0 Å². The first-order valence-electron chi connectivity index (χ1n) is 5.97. The first kappa shape index (κ1) is 14.6. The molecule has 0 bridgehead atoms. The number of hydrogen-bond acceptors (Lipinski definition) is 2. The highest BCUT2D eigenvalue weighted by Crippen LogP contribution is 2.37. The van der Waals surface area contributed by atoms with Gasteiger partial charge in [0.1, 0.15) is 5.82 Å². The van der Waals surface area contributed by atoms with Crippen molar-refractivity contribution in [2.45, 2.75) is 29.7 Å². The molecule has 0 aliphatic carbocycles. The SMILES string of the molecule is Cc1cc(Sc2ccccc2Br)c([C@@H](C)N)cc1F. The van der Waals surface area contributed by atoms with Crippen molar-refractivity contribution in [1.82, 2.24) is 0 Å². The molecule has 19 heavy (non-hydrogen) atoms. The molecule has 0 fully saturated rings. The number of aryl methyl sites for hydroxylation is 1. The molecule has 0 aliphatic heterocycles. The minimum atomic E-state index is -0.205. The largest absolute Gasteiger partial charge is 0.324 e. The van der Waals surface area contributed by atoms with Crippen molar-refractivity contribution in [2.24, 2.45) is 5.73 Å². The molecule has 0 aromatic heterocycles. The van der Waals surface area contributed by atoms with Crippen molar-refractivity contribution in [1.29, 1.82) is 0 Å². The molecule has 2 aromatic carbocycles. The van der Waals surface area contributed by atoms with E-state index in [4.69, 9.17) is 5.73 Å². The topological polar surface area (TPSA) is 26.0 Å². The lowest BCUT2D eigenvalue weighted by Crippen LogP contribution is -2.07. The quantitative estimate of drug-likeness (QED) is 0.844. The molecular weight excluding hydrogens is 325 g/mol. The molecule has 2 rings (SSSR count). The van der Waals surface area contributed by atoms with Crippen LogP contribution in [0.2, 0.25) is 0 Å². The van der Waals surface area contributed by atoms with Gasteiger partial charge in [0, 0.05) is 20.3 Å². The monoisotopic (exact) mass is 339 g/mol. The summed E-state index contributed by atoms with van der Waals surface area (Å²) in [5.74, 6) is -0.205. The van der Waals surface area contributed by atoms with Gasteiger partial charge in [-0.05, 0) is 65.2 Å². The zero-order chi connectivity index (χ0) is 14.0. The van der Waals surface area contributed by atoms with Gasteiger partial charge in [0.05, 0.1) is 0 Å². The normalized spacial score (nSPS) is 12.5. The summed E-state index contributed by atoms with van der Waals surface area (Å²) in [6, 6.07) is 11.2. The second-order valence-electron chi connectivity index (χ2n) is 4.46. The second kappa shape index (κ2) is 6.07. The van der Waals surface area contributed by atoms with E-state index in [-0.39, 0.29) is 11.9 Å². The Morgan fingerprint density at radius 3 is 2.53 bits per heavy atom. The maximum atomic E-state index is 13.7. The molecule has 0 saturated carbocycles. The zero-order valence-corrected chi connectivity index (χ0v) is 13.2. The van der Waals surface area contributed by atoms with E-state index in [2.05, 4.69) is 15.9 Å². The summed E-state index contributed by atoms with van der Waals surface area (Å²) in [7, 11) is 0. The first-order chi connectivity index (χ1) is 8.99. The summed E-state index contributed by atoms with van der Waals surface area (Å²) < 4.78 is 14.7. The number of benzene rings is 2. The van der Waals surface area contributed by atoms with Gasteiger partial charge in [-0.15, -0.1) is 0 Å². The lowest BCUT2D eigenvalue weighted by Gasteiger charge is -2.14. The summed E-state index contributed by atoms with van der Waals surface area (Å²) in [4.78, 5) is 2.09. The van der Waals surface area contributed by atoms with Gasteiger partial charge in [-0.3, -0.25) is 0 Å². The number of rotatable bonds is 3. The highest BCUT2D eigenvalue weighted by molar-refractivity contribution is 9.10. The molecule has 4 heteroatoms. The maximum Gasteiger partial charge on any atom is 0.126 e. The highest BCUT2D eigenvalue weighted by Gasteiger charge is 2.13. The van der Waals surface area contributed by atoms with Crippen molar-refractivity contribution in [2.75, 3.05) is 0 Å². The van der Waals surface area contributed by atoms with Crippen molar-refractivity contribution in [3.8, 4) is 0 Å². The van der Waals surface area contributed by atoms with Gasteiger partial charge < -0.3 is 5.73 Å². The Balaban J connectivity index is 2.45. The summed E-state index contributed by atoms with van der Waals surface area (Å²) >= 11 is 5.12. The fourth-order valence-electron chi connectivity index (χ4n) is 1.76. The van der Waals surface area contributed by atoms with E-state index in [1.165, 1.54) is 0 Å². The number of nitrogens with two attached hydrogens (primary N) is 1. The molecule has 0 radical (unpaired) electrons. The Labute approximate surface area is 125 Å². The van der Waals surface area contributed by atoms with E-state index in [0.29, 0.717) is 5.56 Å². The van der Waals surface area contributed by atoms with Gasteiger partial charge in [0.2, 0.25) is 0 Å². The Kier molecular flexibility index (Phi) is 4.66. The fourth-order valence-corrected chi connectivity index (χ4v) is 3.44. The Morgan fingerprint density at radius 1 is 1.21 bits per heavy atom. The van der Waals surface area contributed by atoms with Gasteiger partial charge in [-0.2, -0.15) is 0 Å². The first-order valence-corrected chi connectivity index (χ1v) is 7.58. The van der Waals surface area contributed by atoms with Crippen LogP contribution >= 0.6 is 27.7 Å². The highest BCUT2D eigenvalue weighted by atomic mass is 79.9. The average Bonchev–Trinajstić information content (AvgIpc) is 2.36. The fraction of sp³-hybridized carbons (Fsp3) is 0.200.